The smallest absolute Gasteiger partial charge is 0.0764 e. The lowest BCUT2D eigenvalue weighted by atomic mass is 10.1. The fourth-order valence-electron chi connectivity index (χ4n) is 3.24. The van der Waals surface area contributed by atoms with Gasteiger partial charge in [-0.05, 0) is 38.3 Å². The molecule has 0 unspecified atom stereocenters. The largest absolute Gasteiger partial charge is 0.392 e. The molecule has 1 saturated heterocycles. The molecule has 18 heavy (non-hydrogen) atoms. The van der Waals surface area contributed by atoms with Crippen LogP contribution in [-0.2, 0) is 6.54 Å². The first-order valence-electron chi connectivity index (χ1n) is 7.26. The monoisotopic (exact) mass is 249 g/mol. The highest BCUT2D eigenvalue weighted by Crippen LogP contribution is 2.28. The molecule has 1 aliphatic carbocycles. The van der Waals surface area contributed by atoms with E-state index < -0.39 is 0 Å². The predicted molar refractivity (Wildman–Crippen MR) is 70.2 cm³/mol. The number of piperidine rings is 1. The van der Waals surface area contributed by atoms with Crippen LogP contribution in [0.3, 0.4) is 0 Å². The van der Waals surface area contributed by atoms with Gasteiger partial charge in [0.15, 0.2) is 0 Å². The minimum atomic E-state index is -0.143. The second kappa shape index (κ2) is 5.41. The average molecular weight is 249 g/mol. The van der Waals surface area contributed by atoms with E-state index in [2.05, 4.69) is 21.8 Å². The molecule has 1 aromatic rings. The summed E-state index contributed by atoms with van der Waals surface area (Å²) in [4.78, 5) is 2.31. The molecule has 0 aromatic carbocycles. The van der Waals surface area contributed by atoms with E-state index in [1.807, 2.05) is 0 Å². The molecular formula is C14H23N3O. The zero-order chi connectivity index (χ0) is 12.4. The Kier molecular flexibility index (Phi) is 3.66. The van der Waals surface area contributed by atoms with Crippen molar-refractivity contribution < 1.29 is 5.11 Å². The standard InChI is InChI=1S/C14H23N3O/c18-14-6-3-8-16(11-14)10-12-7-9-17(15-12)13-4-1-2-5-13/h7,9,13-14,18H,1-6,8,10-11H2/t14-/m0/s1. The van der Waals surface area contributed by atoms with Crippen LogP contribution in [-0.4, -0.2) is 39.0 Å². The number of hydrogen-bond acceptors (Lipinski definition) is 3. The second-order valence-electron chi connectivity index (χ2n) is 5.76. The highest BCUT2D eigenvalue weighted by molar-refractivity contribution is 5.00. The SMILES string of the molecule is O[C@H]1CCCN(Cc2ccn(C3CCCC3)n2)C1. The van der Waals surface area contributed by atoms with Crippen LogP contribution in [0.4, 0.5) is 0 Å². The zero-order valence-corrected chi connectivity index (χ0v) is 11.0. The van der Waals surface area contributed by atoms with E-state index in [4.69, 9.17) is 5.10 Å². The summed E-state index contributed by atoms with van der Waals surface area (Å²) >= 11 is 0. The summed E-state index contributed by atoms with van der Waals surface area (Å²) < 4.78 is 2.16. The number of aliphatic hydroxyl groups is 1. The van der Waals surface area contributed by atoms with Crippen LogP contribution >= 0.6 is 0 Å². The molecule has 1 N–H and O–H groups in total. The summed E-state index contributed by atoms with van der Waals surface area (Å²) in [5, 5.41) is 14.4. The summed E-state index contributed by atoms with van der Waals surface area (Å²) in [7, 11) is 0. The van der Waals surface area contributed by atoms with Crippen LogP contribution in [0, 0.1) is 0 Å². The third-order valence-electron chi connectivity index (χ3n) is 4.23. The minimum Gasteiger partial charge on any atom is -0.392 e. The fraction of sp³-hybridized carbons (Fsp3) is 0.786. The van der Waals surface area contributed by atoms with Crippen LogP contribution in [0.5, 0.6) is 0 Å². The van der Waals surface area contributed by atoms with Crippen LogP contribution in [0.25, 0.3) is 0 Å². The van der Waals surface area contributed by atoms with Gasteiger partial charge in [0, 0.05) is 19.3 Å². The van der Waals surface area contributed by atoms with E-state index in [0.717, 1.165) is 38.2 Å². The molecule has 1 aromatic heterocycles. The van der Waals surface area contributed by atoms with E-state index in [-0.39, 0.29) is 6.10 Å². The van der Waals surface area contributed by atoms with Crippen LogP contribution in [0.15, 0.2) is 12.3 Å². The topological polar surface area (TPSA) is 41.3 Å². The van der Waals surface area contributed by atoms with Crippen molar-refractivity contribution in [3.63, 3.8) is 0 Å². The van der Waals surface area contributed by atoms with Gasteiger partial charge < -0.3 is 5.11 Å². The summed E-state index contributed by atoms with van der Waals surface area (Å²) in [6.45, 7) is 2.78. The lowest BCUT2D eigenvalue weighted by Gasteiger charge is -2.29. The first-order chi connectivity index (χ1) is 8.81. The number of hydrogen-bond donors (Lipinski definition) is 1. The van der Waals surface area contributed by atoms with E-state index in [9.17, 15) is 5.11 Å². The highest BCUT2D eigenvalue weighted by atomic mass is 16.3. The molecule has 0 bridgehead atoms. The van der Waals surface area contributed by atoms with Gasteiger partial charge >= 0.3 is 0 Å². The van der Waals surface area contributed by atoms with E-state index in [1.54, 1.807) is 0 Å². The first-order valence-corrected chi connectivity index (χ1v) is 7.26. The Bertz CT molecular complexity index is 384. The van der Waals surface area contributed by atoms with Crippen molar-refractivity contribution in [2.75, 3.05) is 13.1 Å². The fourth-order valence-corrected chi connectivity index (χ4v) is 3.24. The predicted octanol–water partition coefficient (Wildman–Crippen LogP) is 1.95. The Labute approximate surface area is 109 Å². The van der Waals surface area contributed by atoms with Gasteiger partial charge in [0.05, 0.1) is 17.8 Å². The van der Waals surface area contributed by atoms with E-state index >= 15 is 0 Å². The van der Waals surface area contributed by atoms with Crippen molar-refractivity contribution in [1.29, 1.82) is 0 Å². The van der Waals surface area contributed by atoms with E-state index in [0.29, 0.717) is 6.04 Å². The summed E-state index contributed by atoms with van der Waals surface area (Å²) in [5.41, 5.74) is 1.15. The zero-order valence-electron chi connectivity index (χ0n) is 11.0. The van der Waals surface area contributed by atoms with Crippen LogP contribution < -0.4 is 0 Å². The van der Waals surface area contributed by atoms with Crippen molar-refractivity contribution in [2.45, 2.75) is 57.2 Å². The maximum absolute atomic E-state index is 9.67. The third kappa shape index (κ3) is 2.75. The van der Waals surface area contributed by atoms with Crippen molar-refractivity contribution in [3.05, 3.63) is 18.0 Å². The third-order valence-corrected chi connectivity index (χ3v) is 4.23. The lowest BCUT2D eigenvalue weighted by Crippen LogP contribution is -2.37. The Morgan fingerprint density at radius 3 is 2.83 bits per heavy atom. The maximum atomic E-state index is 9.67. The van der Waals surface area contributed by atoms with Gasteiger partial charge in [-0.1, -0.05) is 12.8 Å². The van der Waals surface area contributed by atoms with E-state index in [1.165, 1.54) is 25.7 Å². The molecule has 0 amide bonds. The Balaban J connectivity index is 1.59. The molecule has 1 saturated carbocycles. The van der Waals surface area contributed by atoms with Gasteiger partial charge in [-0.25, -0.2) is 0 Å². The summed E-state index contributed by atoms with van der Waals surface area (Å²) in [6.07, 6.45) is 9.29. The highest BCUT2D eigenvalue weighted by Gasteiger charge is 2.20. The Morgan fingerprint density at radius 2 is 2.06 bits per heavy atom. The molecule has 2 fully saturated rings. The molecular weight excluding hydrogens is 226 g/mol. The van der Waals surface area contributed by atoms with Gasteiger partial charge in [0.2, 0.25) is 0 Å². The Morgan fingerprint density at radius 1 is 1.22 bits per heavy atom. The van der Waals surface area contributed by atoms with Crippen LogP contribution in [0.2, 0.25) is 0 Å². The summed E-state index contributed by atoms with van der Waals surface area (Å²) in [6, 6.07) is 2.77. The molecule has 1 aliphatic heterocycles. The van der Waals surface area contributed by atoms with Crippen molar-refractivity contribution in [2.24, 2.45) is 0 Å². The molecule has 100 valence electrons. The lowest BCUT2D eigenvalue weighted by molar-refractivity contribution is 0.0660. The molecule has 2 heterocycles. The minimum absolute atomic E-state index is 0.143. The number of rotatable bonds is 3. The molecule has 4 heteroatoms. The van der Waals surface area contributed by atoms with Gasteiger partial charge in [-0.2, -0.15) is 5.10 Å². The second-order valence-corrected chi connectivity index (χ2v) is 5.76. The number of nitrogens with zero attached hydrogens (tertiary/aromatic N) is 3. The molecule has 2 aliphatic rings. The molecule has 1 atom stereocenters. The van der Waals surface area contributed by atoms with Crippen molar-refractivity contribution >= 4 is 0 Å². The van der Waals surface area contributed by atoms with Crippen LogP contribution in [0.1, 0.15) is 50.3 Å². The summed E-state index contributed by atoms with van der Waals surface area (Å²) in [5.74, 6) is 0. The maximum Gasteiger partial charge on any atom is 0.0764 e. The number of likely N-dealkylation sites (tertiary alicyclic amines) is 1. The number of aromatic nitrogens is 2. The van der Waals surface area contributed by atoms with Gasteiger partial charge in [-0.3, -0.25) is 9.58 Å². The van der Waals surface area contributed by atoms with Crippen molar-refractivity contribution in [3.8, 4) is 0 Å². The van der Waals surface area contributed by atoms with Gasteiger partial charge in [-0.15, -0.1) is 0 Å². The Hall–Kier alpha value is -0.870. The number of aliphatic hydroxyl groups excluding tert-OH is 1. The molecule has 0 radical (unpaired) electrons. The van der Waals surface area contributed by atoms with Gasteiger partial charge in [0.25, 0.3) is 0 Å². The van der Waals surface area contributed by atoms with Gasteiger partial charge in [0.1, 0.15) is 0 Å². The molecule has 3 rings (SSSR count). The number of β-amino-alcohol motifs (C(OH)–C–C–N with tert-alkyl or cyclic N) is 1. The molecule has 4 nitrogen and oxygen atoms in total. The van der Waals surface area contributed by atoms with Crippen molar-refractivity contribution in [1.82, 2.24) is 14.7 Å². The average Bonchev–Trinajstić information content (AvgIpc) is 2.98. The molecule has 0 spiro atoms. The normalized spacial score (nSPS) is 26.8. The quantitative estimate of drug-likeness (QED) is 0.890. The first kappa shape index (κ1) is 12.2.